The van der Waals surface area contributed by atoms with Gasteiger partial charge in [-0.15, -0.1) is 0 Å². The molecule has 0 heterocycles. The van der Waals surface area contributed by atoms with Crippen molar-refractivity contribution in [1.82, 2.24) is 5.32 Å². The molecule has 0 saturated carbocycles. The number of halogens is 2. The molecule has 0 aliphatic rings. The van der Waals surface area contributed by atoms with E-state index < -0.39 is 11.8 Å². The van der Waals surface area contributed by atoms with Crippen LogP contribution in [0.25, 0.3) is 0 Å². The fourth-order valence-electron chi connectivity index (χ4n) is 0.821. The third-order valence-electron chi connectivity index (χ3n) is 1.85. The lowest BCUT2D eigenvalue weighted by Gasteiger charge is -2.11. The number of carbonyl (C=O) groups is 1. The lowest BCUT2D eigenvalue weighted by molar-refractivity contribution is -0.116. The van der Waals surface area contributed by atoms with Gasteiger partial charge in [-0.05, 0) is 18.6 Å². The maximum Gasteiger partial charge on any atom is 0.266 e. The molecular weight excluding hydrogens is 200 g/mol. The molecule has 0 fully saturated rings. The number of hydrogen-bond acceptors (Lipinski definition) is 1. The average molecular weight is 215 g/mol. The van der Waals surface area contributed by atoms with Crippen molar-refractivity contribution >= 4 is 5.91 Å². The van der Waals surface area contributed by atoms with Crippen LogP contribution < -0.4 is 5.32 Å². The molecule has 4 heteroatoms. The van der Waals surface area contributed by atoms with Gasteiger partial charge in [0.1, 0.15) is 0 Å². The highest BCUT2D eigenvalue weighted by Crippen LogP contribution is 2.23. The van der Waals surface area contributed by atoms with E-state index in [9.17, 15) is 13.6 Å². The SMILES string of the molecule is C=C/C=C(\C=C(/C)C(C)(F)F)C(=O)NC. The minimum atomic E-state index is -2.92. The Morgan fingerprint density at radius 3 is 2.33 bits per heavy atom. The van der Waals surface area contributed by atoms with Gasteiger partial charge in [0, 0.05) is 19.5 Å². The molecule has 84 valence electrons. The summed E-state index contributed by atoms with van der Waals surface area (Å²) in [4.78, 5) is 11.2. The van der Waals surface area contributed by atoms with Crippen LogP contribution in [0, 0.1) is 0 Å². The Labute approximate surface area is 88.4 Å². The molecule has 2 nitrogen and oxygen atoms in total. The minimum Gasteiger partial charge on any atom is -0.355 e. The number of alkyl halides is 2. The maximum atomic E-state index is 12.8. The molecule has 0 aromatic carbocycles. The lowest BCUT2D eigenvalue weighted by atomic mass is 10.1. The first-order valence-electron chi connectivity index (χ1n) is 4.44. The Morgan fingerprint density at radius 2 is 2.00 bits per heavy atom. The normalized spacial score (nSPS) is 13.7. The zero-order valence-electron chi connectivity index (χ0n) is 9.10. The molecule has 0 atom stereocenters. The van der Waals surface area contributed by atoms with Crippen molar-refractivity contribution in [2.75, 3.05) is 7.05 Å². The standard InChI is InChI=1S/C11H15F2NO/c1-5-6-9(10(15)14-4)7-8(2)11(3,12)13/h5-7H,1H2,2-4H3,(H,14,15)/b8-7+,9-6+. The first-order valence-corrected chi connectivity index (χ1v) is 4.44. The Hall–Kier alpha value is -1.45. The highest BCUT2D eigenvalue weighted by atomic mass is 19.3. The van der Waals surface area contributed by atoms with E-state index in [1.807, 2.05) is 0 Å². The third-order valence-corrected chi connectivity index (χ3v) is 1.85. The summed E-state index contributed by atoms with van der Waals surface area (Å²) in [5, 5.41) is 2.36. The van der Waals surface area contributed by atoms with Gasteiger partial charge in [-0.3, -0.25) is 4.79 Å². The largest absolute Gasteiger partial charge is 0.355 e. The molecule has 0 aliphatic carbocycles. The summed E-state index contributed by atoms with van der Waals surface area (Å²) in [6.45, 7) is 5.48. The first kappa shape index (κ1) is 13.5. The first-order chi connectivity index (χ1) is 6.82. The van der Waals surface area contributed by atoms with Crippen molar-refractivity contribution in [3.63, 3.8) is 0 Å². The highest BCUT2D eigenvalue weighted by molar-refractivity contribution is 5.96. The van der Waals surface area contributed by atoms with Crippen LogP contribution in [-0.2, 0) is 4.79 Å². The summed E-state index contributed by atoms with van der Waals surface area (Å²) in [6, 6.07) is 0. The quantitative estimate of drug-likeness (QED) is 0.566. The molecule has 0 aliphatic heterocycles. The fraction of sp³-hybridized carbons (Fsp3) is 0.364. The maximum absolute atomic E-state index is 12.8. The van der Waals surface area contributed by atoms with E-state index in [1.54, 1.807) is 0 Å². The smallest absolute Gasteiger partial charge is 0.266 e. The Bertz CT molecular complexity index is 311. The van der Waals surface area contributed by atoms with E-state index in [-0.39, 0.29) is 11.1 Å². The molecule has 0 unspecified atom stereocenters. The van der Waals surface area contributed by atoms with Gasteiger partial charge in [0.25, 0.3) is 11.8 Å². The van der Waals surface area contributed by atoms with Gasteiger partial charge >= 0.3 is 0 Å². The van der Waals surface area contributed by atoms with Gasteiger partial charge in [-0.1, -0.05) is 18.7 Å². The number of amides is 1. The van der Waals surface area contributed by atoms with Crippen molar-refractivity contribution in [3.05, 3.63) is 36.0 Å². The second kappa shape index (κ2) is 5.44. The predicted octanol–water partition coefficient (Wildman–Crippen LogP) is 2.45. The fourth-order valence-corrected chi connectivity index (χ4v) is 0.821. The summed E-state index contributed by atoms with van der Waals surface area (Å²) in [6.07, 6.45) is 3.91. The van der Waals surface area contributed by atoms with Crippen molar-refractivity contribution in [2.45, 2.75) is 19.8 Å². The number of hydrogen-bond donors (Lipinski definition) is 1. The van der Waals surface area contributed by atoms with Crippen LogP contribution >= 0.6 is 0 Å². The van der Waals surface area contributed by atoms with Crippen molar-refractivity contribution < 1.29 is 13.6 Å². The summed E-state index contributed by atoms with van der Waals surface area (Å²) < 4.78 is 25.7. The zero-order valence-corrected chi connectivity index (χ0v) is 9.10. The topological polar surface area (TPSA) is 29.1 Å². The molecule has 1 amide bonds. The van der Waals surface area contributed by atoms with E-state index >= 15 is 0 Å². The number of allylic oxidation sites excluding steroid dienone is 3. The van der Waals surface area contributed by atoms with Crippen LogP contribution in [0.3, 0.4) is 0 Å². The summed E-state index contributed by atoms with van der Waals surface area (Å²) in [7, 11) is 1.44. The van der Waals surface area contributed by atoms with Crippen molar-refractivity contribution in [1.29, 1.82) is 0 Å². The monoisotopic (exact) mass is 215 g/mol. The lowest BCUT2D eigenvalue weighted by Crippen LogP contribution is -2.20. The van der Waals surface area contributed by atoms with Crippen molar-refractivity contribution in [2.24, 2.45) is 0 Å². The van der Waals surface area contributed by atoms with Crippen LogP contribution in [0.2, 0.25) is 0 Å². The summed E-state index contributed by atoms with van der Waals surface area (Å²) in [5.41, 5.74) is -0.00859. The third kappa shape index (κ3) is 4.54. The number of rotatable bonds is 4. The molecule has 15 heavy (non-hydrogen) atoms. The number of likely N-dealkylation sites (N-methyl/N-ethyl adjacent to an activating group) is 1. The second-order valence-electron chi connectivity index (χ2n) is 3.15. The second-order valence-corrected chi connectivity index (χ2v) is 3.15. The van der Waals surface area contributed by atoms with Crippen LogP contribution in [0.5, 0.6) is 0 Å². The molecule has 0 saturated heterocycles. The van der Waals surface area contributed by atoms with Crippen LogP contribution in [0.1, 0.15) is 13.8 Å². The number of carbonyl (C=O) groups excluding carboxylic acids is 1. The molecular formula is C11H15F2NO. The molecule has 0 radical (unpaired) electrons. The van der Waals surface area contributed by atoms with Gasteiger partial charge in [0.2, 0.25) is 0 Å². The van der Waals surface area contributed by atoms with Gasteiger partial charge in [0.05, 0.1) is 0 Å². The van der Waals surface area contributed by atoms with E-state index in [0.717, 1.165) is 13.0 Å². The summed E-state index contributed by atoms with van der Waals surface area (Å²) in [5.74, 6) is -3.34. The molecule has 0 bridgehead atoms. The van der Waals surface area contributed by atoms with Crippen LogP contribution in [-0.4, -0.2) is 18.9 Å². The van der Waals surface area contributed by atoms with Crippen molar-refractivity contribution in [3.8, 4) is 0 Å². The van der Waals surface area contributed by atoms with Gasteiger partial charge in [-0.25, -0.2) is 8.78 Å². The molecule has 0 spiro atoms. The van der Waals surface area contributed by atoms with Gasteiger partial charge in [-0.2, -0.15) is 0 Å². The summed E-state index contributed by atoms with van der Waals surface area (Å²) >= 11 is 0. The molecule has 0 aromatic heterocycles. The highest BCUT2D eigenvalue weighted by Gasteiger charge is 2.24. The van der Waals surface area contributed by atoms with E-state index in [1.165, 1.54) is 26.1 Å². The van der Waals surface area contributed by atoms with E-state index in [4.69, 9.17) is 0 Å². The predicted molar refractivity (Wildman–Crippen MR) is 56.7 cm³/mol. The molecule has 1 N–H and O–H groups in total. The van der Waals surface area contributed by atoms with E-state index in [0.29, 0.717) is 0 Å². The van der Waals surface area contributed by atoms with Crippen LogP contribution in [0.4, 0.5) is 8.78 Å². The van der Waals surface area contributed by atoms with Crippen LogP contribution in [0.15, 0.2) is 36.0 Å². The molecule has 0 rings (SSSR count). The Kier molecular flexibility index (Phi) is 4.91. The van der Waals surface area contributed by atoms with Gasteiger partial charge in [0.15, 0.2) is 0 Å². The minimum absolute atomic E-state index is 0.159. The average Bonchev–Trinajstić information content (AvgIpc) is 2.14. The zero-order chi connectivity index (χ0) is 12.1. The molecule has 0 aromatic rings. The number of nitrogens with one attached hydrogen (secondary N) is 1. The van der Waals surface area contributed by atoms with Gasteiger partial charge < -0.3 is 5.32 Å². The Morgan fingerprint density at radius 1 is 1.47 bits per heavy atom. The van der Waals surface area contributed by atoms with E-state index in [2.05, 4.69) is 11.9 Å². The Balaban J connectivity index is 5.08.